The van der Waals surface area contributed by atoms with Gasteiger partial charge in [-0.2, -0.15) is 0 Å². The van der Waals surface area contributed by atoms with E-state index < -0.39 is 0 Å². The van der Waals surface area contributed by atoms with Gasteiger partial charge in [0.2, 0.25) is 0 Å². The molecule has 2 aromatic rings. The van der Waals surface area contributed by atoms with Gasteiger partial charge < -0.3 is 10.1 Å². The normalized spacial score (nSPS) is 10.5. The molecule has 0 bridgehead atoms. The standard InChI is InChI=1S/C12H13BrN2O2S2/c1-7-10(11(16)17-2)19-12(15-7)14-6-5-8-3-4-9(13)18-8/h3-4H,5-6H2,1-2H3,(H,14,15). The molecule has 2 heterocycles. The van der Waals surface area contributed by atoms with Gasteiger partial charge in [0, 0.05) is 11.4 Å². The van der Waals surface area contributed by atoms with Crippen molar-refractivity contribution in [1.29, 1.82) is 0 Å². The molecule has 0 aliphatic heterocycles. The van der Waals surface area contributed by atoms with Gasteiger partial charge in [0.25, 0.3) is 0 Å². The van der Waals surface area contributed by atoms with Gasteiger partial charge in [-0.05, 0) is 41.4 Å². The smallest absolute Gasteiger partial charge is 0.350 e. The van der Waals surface area contributed by atoms with E-state index in [9.17, 15) is 4.79 Å². The van der Waals surface area contributed by atoms with E-state index in [1.54, 1.807) is 11.3 Å². The second kappa shape index (κ2) is 6.49. The molecule has 0 aliphatic rings. The molecule has 0 spiro atoms. The topological polar surface area (TPSA) is 51.2 Å². The summed E-state index contributed by atoms with van der Waals surface area (Å²) in [6, 6.07) is 4.15. The van der Waals surface area contributed by atoms with Crippen LogP contribution in [0.15, 0.2) is 15.9 Å². The van der Waals surface area contributed by atoms with E-state index in [1.807, 2.05) is 13.0 Å². The highest BCUT2D eigenvalue weighted by Crippen LogP contribution is 2.24. The van der Waals surface area contributed by atoms with Gasteiger partial charge >= 0.3 is 5.97 Å². The Morgan fingerprint density at radius 3 is 2.89 bits per heavy atom. The summed E-state index contributed by atoms with van der Waals surface area (Å²) >= 11 is 6.50. The van der Waals surface area contributed by atoms with Crippen LogP contribution in [0.2, 0.25) is 0 Å². The molecule has 0 aliphatic carbocycles. The summed E-state index contributed by atoms with van der Waals surface area (Å²) in [5, 5.41) is 3.99. The first-order valence-corrected chi connectivity index (χ1v) is 8.06. The van der Waals surface area contributed by atoms with Crippen LogP contribution in [0.1, 0.15) is 20.2 Å². The van der Waals surface area contributed by atoms with E-state index in [4.69, 9.17) is 4.74 Å². The number of ether oxygens (including phenoxy) is 1. The molecule has 0 saturated carbocycles. The van der Waals surface area contributed by atoms with Crippen molar-refractivity contribution in [2.24, 2.45) is 0 Å². The molecule has 0 amide bonds. The van der Waals surface area contributed by atoms with Crippen LogP contribution in [-0.2, 0) is 11.2 Å². The maximum atomic E-state index is 11.5. The number of thiophene rings is 1. The summed E-state index contributed by atoms with van der Waals surface area (Å²) in [6.07, 6.45) is 0.933. The van der Waals surface area contributed by atoms with Crippen LogP contribution in [0.4, 0.5) is 5.13 Å². The number of nitrogens with one attached hydrogen (secondary N) is 1. The molecule has 19 heavy (non-hydrogen) atoms. The Labute approximate surface area is 128 Å². The van der Waals surface area contributed by atoms with Crippen molar-refractivity contribution in [3.63, 3.8) is 0 Å². The second-order valence-electron chi connectivity index (χ2n) is 3.81. The number of hydrogen-bond acceptors (Lipinski definition) is 6. The number of nitrogens with zero attached hydrogens (tertiary/aromatic N) is 1. The number of rotatable bonds is 5. The summed E-state index contributed by atoms with van der Waals surface area (Å²) < 4.78 is 5.85. The maximum absolute atomic E-state index is 11.5. The highest BCUT2D eigenvalue weighted by molar-refractivity contribution is 9.11. The number of thiazole rings is 1. The van der Waals surface area contributed by atoms with Gasteiger partial charge in [-0.1, -0.05) is 11.3 Å². The zero-order valence-corrected chi connectivity index (χ0v) is 13.7. The Morgan fingerprint density at radius 1 is 1.47 bits per heavy atom. The number of halogens is 1. The van der Waals surface area contributed by atoms with E-state index in [0.717, 1.165) is 21.9 Å². The van der Waals surface area contributed by atoms with Crippen LogP contribution >= 0.6 is 38.6 Å². The molecule has 0 atom stereocenters. The minimum absolute atomic E-state index is 0.328. The number of aryl methyl sites for hydroxylation is 1. The fourth-order valence-electron chi connectivity index (χ4n) is 1.53. The van der Waals surface area contributed by atoms with Crippen molar-refractivity contribution in [3.8, 4) is 0 Å². The van der Waals surface area contributed by atoms with Gasteiger partial charge in [-0.3, -0.25) is 0 Å². The lowest BCUT2D eigenvalue weighted by Gasteiger charge is -1.99. The van der Waals surface area contributed by atoms with Gasteiger partial charge in [-0.15, -0.1) is 11.3 Å². The number of aromatic nitrogens is 1. The zero-order valence-electron chi connectivity index (χ0n) is 10.5. The lowest BCUT2D eigenvalue weighted by Crippen LogP contribution is -2.03. The average molecular weight is 361 g/mol. The number of carbonyl (C=O) groups excluding carboxylic acids is 1. The summed E-state index contributed by atoms with van der Waals surface area (Å²) in [5.41, 5.74) is 0.707. The average Bonchev–Trinajstić information content (AvgIpc) is 2.95. The third-order valence-corrected chi connectivity index (χ3v) is 5.22. The monoisotopic (exact) mass is 360 g/mol. The van der Waals surface area contributed by atoms with Gasteiger partial charge in [-0.25, -0.2) is 9.78 Å². The van der Waals surface area contributed by atoms with Crippen molar-refractivity contribution >= 4 is 49.7 Å². The highest BCUT2D eigenvalue weighted by Gasteiger charge is 2.15. The van der Waals surface area contributed by atoms with Gasteiger partial charge in [0.15, 0.2) is 5.13 Å². The first-order valence-electron chi connectivity index (χ1n) is 5.64. The van der Waals surface area contributed by atoms with Gasteiger partial charge in [0.05, 0.1) is 16.6 Å². The lowest BCUT2D eigenvalue weighted by atomic mass is 10.3. The summed E-state index contributed by atoms with van der Waals surface area (Å²) in [4.78, 5) is 17.6. The summed E-state index contributed by atoms with van der Waals surface area (Å²) in [7, 11) is 1.38. The fraction of sp³-hybridized carbons (Fsp3) is 0.333. The third-order valence-electron chi connectivity index (χ3n) is 2.44. The molecule has 102 valence electrons. The molecular formula is C12H13BrN2O2S2. The van der Waals surface area contributed by atoms with E-state index >= 15 is 0 Å². The molecule has 2 aromatic heterocycles. The van der Waals surface area contributed by atoms with E-state index in [2.05, 4.69) is 32.3 Å². The number of esters is 1. The second-order valence-corrected chi connectivity index (χ2v) is 7.35. The van der Waals surface area contributed by atoms with Crippen molar-refractivity contribution in [2.75, 3.05) is 19.0 Å². The molecule has 0 saturated heterocycles. The quantitative estimate of drug-likeness (QED) is 0.825. The maximum Gasteiger partial charge on any atom is 0.350 e. The highest BCUT2D eigenvalue weighted by atomic mass is 79.9. The first kappa shape index (κ1) is 14.5. The van der Waals surface area contributed by atoms with Crippen LogP contribution < -0.4 is 5.32 Å². The molecule has 0 fully saturated rings. The Morgan fingerprint density at radius 2 is 2.26 bits per heavy atom. The van der Waals surface area contributed by atoms with Crippen molar-refractivity contribution < 1.29 is 9.53 Å². The summed E-state index contributed by atoms with van der Waals surface area (Å²) in [6.45, 7) is 2.60. The zero-order chi connectivity index (χ0) is 13.8. The molecule has 1 N–H and O–H groups in total. The molecule has 4 nitrogen and oxygen atoms in total. The van der Waals surface area contributed by atoms with Crippen molar-refractivity contribution in [3.05, 3.63) is 31.4 Å². The molecule has 2 rings (SSSR count). The minimum atomic E-state index is -0.328. The predicted octanol–water partition coefficient (Wildman–Crippen LogP) is 3.72. The number of hydrogen-bond donors (Lipinski definition) is 1. The fourth-order valence-corrected chi connectivity index (χ4v) is 3.93. The van der Waals surface area contributed by atoms with E-state index in [-0.39, 0.29) is 5.97 Å². The molecule has 7 heteroatoms. The molecule has 0 unspecified atom stereocenters. The third kappa shape index (κ3) is 3.77. The van der Waals surface area contributed by atoms with Crippen LogP contribution in [0.5, 0.6) is 0 Å². The van der Waals surface area contributed by atoms with E-state index in [1.165, 1.54) is 23.3 Å². The van der Waals surface area contributed by atoms with Crippen LogP contribution in [0.25, 0.3) is 0 Å². The van der Waals surface area contributed by atoms with Crippen LogP contribution in [0, 0.1) is 6.92 Å². The van der Waals surface area contributed by atoms with Crippen molar-refractivity contribution in [2.45, 2.75) is 13.3 Å². The molecule has 0 aromatic carbocycles. The number of methoxy groups -OCH3 is 1. The largest absolute Gasteiger partial charge is 0.465 e. The Balaban J connectivity index is 1.91. The van der Waals surface area contributed by atoms with Crippen LogP contribution in [0.3, 0.4) is 0 Å². The van der Waals surface area contributed by atoms with Crippen LogP contribution in [-0.4, -0.2) is 24.6 Å². The molecular weight excluding hydrogens is 348 g/mol. The van der Waals surface area contributed by atoms with Crippen molar-refractivity contribution in [1.82, 2.24) is 4.98 Å². The predicted molar refractivity (Wildman–Crippen MR) is 82.4 cm³/mol. The molecule has 0 radical (unpaired) electrons. The minimum Gasteiger partial charge on any atom is -0.465 e. The summed E-state index contributed by atoms with van der Waals surface area (Å²) in [5.74, 6) is -0.328. The lowest BCUT2D eigenvalue weighted by molar-refractivity contribution is 0.0605. The SMILES string of the molecule is COC(=O)c1sc(NCCc2ccc(Br)s2)nc1C. The number of carbonyl (C=O) groups is 1. The Bertz CT molecular complexity index is 580. The van der Waals surface area contributed by atoms with Gasteiger partial charge in [0.1, 0.15) is 4.88 Å². The van der Waals surface area contributed by atoms with E-state index in [0.29, 0.717) is 10.6 Å². The first-order chi connectivity index (χ1) is 9.10. The number of anilines is 1. The Hall–Kier alpha value is -0.920. The Kier molecular flexibility index (Phi) is 4.95.